The number of carbonyl (C=O) groups excluding carboxylic acids is 1. The Morgan fingerprint density at radius 3 is 2.80 bits per heavy atom. The zero-order chi connectivity index (χ0) is 10.7. The van der Waals surface area contributed by atoms with Gasteiger partial charge in [0.25, 0.3) is 0 Å². The molecule has 0 aromatic rings. The van der Waals surface area contributed by atoms with E-state index < -0.39 is 0 Å². The lowest BCUT2D eigenvalue weighted by atomic mass is 9.97. The number of nitrogens with zero attached hydrogens (tertiary/aromatic N) is 1. The van der Waals surface area contributed by atoms with Crippen molar-refractivity contribution >= 4 is 5.91 Å². The van der Waals surface area contributed by atoms with Crippen molar-refractivity contribution in [3.63, 3.8) is 0 Å². The second kappa shape index (κ2) is 4.94. The van der Waals surface area contributed by atoms with E-state index in [4.69, 9.17) is 0 Å². The van der Waals surface area contributed by atoms with Crippen molar-refractivity contribution in [3.05, 3.63) is 0 Å². The summed E-state index contributed by atoms with van der Waals surface area (Å²) < 4.78 is 0. The van der Waals surface area contributed by atoms with Gasteiger partial charge in [-0.05, 0) is 19.8 Å². The molecule has 86 valence electrons. The van der Waals surface area contributed by atoms with E-state index in [9.17, 15) is 4.79 Å². The Balaban J connectivity index is 1.87. The first-order valence-corrected chi connectivity index (χ1v) is 6.01. The standard InChI is InChI=1S/C11H21N3O/c1-9(14-7-5-12-6-8-14)10-3-2-4-11(15)13-10/h9-10,12H,2-8H2,1H3,(H,13,15). The highest BCUT2D eigenvalue weighted by Gasteiger charge is 2.28. The summed E-state index contributed by atoms with van der Waals surface area (Å²) in [4.78, 5) is 13.8. The van der Waals surface area contributed by atoms with Gasteiger partial charge in [-0.3, -0.25) is 9.69 Å². The third kappa shape index (κ3) is 2.69. The maximum absolute atomic E-state index is 11.3. The molecule has 2 aliphatic rings. The highest BCUT2D eigenvalue weighted by molar-refractivity contribution is 5.77. The molecule has 2 heterocycles. The monoisotopic (exact) mass is 211 g/mol. The molecule has 0 aliphatic carbocycles. The van der Waals surface area contributed by atoms with Crippen LogP contribution >= 0.6 is 0 Å². The van der Waals surface area contributed by atoms with E-state index in [0.29, 0.717) is 18.5 Å². The van der Waals surface area contributed by atoms with Crippen LogP contribution in [0.2, 0.25) is 0 Å². The fourth-order valence-electron chi connectivity index (χ4n) is 2.54. The number of amides is 1. The zero-order valence-electron chi connectivity index (χ0n) is 9.46. The summed E-state index contributed by atoms with van der Waals surface area (Å²) >= 11 is 0. The maximum atomic E-state index is 11.3. The van der Waals surface area contributed by atoms with Gasteiger partial charge in [0.15, 0.2) is 0 Å². The quantitative estimate of drug-likeness (QED) is 0.673. The average molecular weight is 211 g/mol. The first-order chi connectivity index (χ1) is 7.27. The molecule has 2 saturated heterocycles. The lowest BCUT2D eigenvalue weighted by Crippen LogP contribution is -2.56. The Morgan fingerprint density at radius 1 is 1.40 bits per heavy atom. The van der Waals surface area contributed by atoms with Crippen molar-refractivity contribution in [3.8, 4) is 0 Å². The molecule has 4 nitrogen and oxygen atoms in total. The Hall–Kier alpha value is -0.610. The number of piperazine rings is 1. The highest BCUT2D eigenvalue weighted by Crippen LogP contribution is 2.15. The van der Waals surface area contributed by atoms with Crippen LogP contribution in [0.5, 0.6) is 0 Å². The third-order valence-electron chi connectivity index (χ3n) is 3.58. The van der Waals surface area contributed by atoms with Crippen molar-refractivity contribution in [1.82, 2.24) is 15.5 Å². The molecule has 0 aromatic carbocycles. The molecule has 15 heavy (non-hydrogen) atoms. The number of carbonyl (C=O) groups is 1. The van der Waals surface area contributed by atoms with E-state index in [1.807, 2.05) is 0 Å². The Bertz CT molecular complexity index is 226. The van der Waals surface area contributed by atoms with E-state index in [-0.39, 0.29) is 5.91 Å². The van der Waals surface area contributed by atoms with Crippen molar-refractivity contribution in [2.75, 3.05) is 26.2 Å². The van der Waals surface area contributed by atoms with Crippen molar-refractivity contribution in [2.45, 2.75) is 38.3 Å². The Labute approximate surface area is 91.4 Å². The SMILES string of the molecule is CC(C1CCCC(=O)N1)N1CCNCC1. The molecule has 0 aromatic heterocycles. The number of rotatable bonds is 2. The van der Waals surface area contributed by atoms with Crippen LogP contribution in [0, 0.1) is 0 Å². The van der Waals surface area contributed by atoms with Crippen LogP contribution in [0.4, 0.5) is 0 Å². The predicted octanol–water partition coefficient (Wildman–Crippen LogP) is -0.0512. The van der Waals surface area contributed by atoms with Crippen molar-refractivity contribution in [2.24, 2.45) is 0 Å². The van der Waals surface area contributed by atoms with E-state index in [1.54, 1.807) is 0 Å². The molecule has 2 aliphatic heterocycles. The fraction of sp³-hybridized carbons (Fsp3) is 0.909. The van der Waals surface area contributed by atoms with E-state index in [1.165, 1.54) is 0 Å². The number of piperidine rings is 1. The number of hydrogen-bond donors (Lipinski definition) is 2. The van der Waals surface area contributed by atoms with Crippen LogP contribution in [-0.4, -0.2) is 49.1 Å². The summed E-state index contributed by atoms with van der Waals surface area (Å²) in [5.41, 5.74) is 0. The molecular formula is C11H21N3O. The summed E-state index contributed by atoms with van der Waals surface area (Å²) in [6.07, 6.45) is 2.90. The van der Waals surface area contributed by atoms with Gasteiger partial charge in [-0.15, -0.1) is 0 Å². The minimum atomic E-state index is 0.230. The van der Waals surface area contributed by atoms with Gasteiger partial charge in [-0.1, -0.05) is 0 Å². The molecule has 2 fully saturated rings. The molecule has 1 amide bonds. The molecule has 0 spiro atoms. The van der Waals surface area contributed by atoms with Gasteiger partial charge in [-0.25, -0.2) is 0 Å². The van der Waals surface area contributed by atoms with Crippen molar-refractivity contribution < 1.29 is 4.79 Å². The van der Waals surface area contributed by atoms with Crippen LogP contribution in [0.1, 0.15) is 26.2 Å². The zero-order valence-corrected chi connectivity index (χ0v) is 9.46. The van der Waals surface area contributed by atoms with E-state index in [0.717, 1.165) is 39.0 Å². The van der Waals surface area contributed by atoms with Crippen LogP contribution in [0.15, 0.2) is 0 Å². The van der Waals surface area contributed by atoms with Gasteiger partial charge in [0.2, 0.25) is 5.91 Å². The normalized spacial score (nSPS) is 31.0. The summed E-state index contributed by atoms with van der Waals surface area (Å²) in [6.45, 7) is 6.60. The van der Waals surface area contributed by atoms with Crippen LogP contribution < -0.4 is 10.6 Å². The largest absolute Gasteiger partial charge is 0.352 e. The van der Waals surface area contributed by atoms with Crippen LogP contribution in [0.25, 0.3) is 0 Å². The number of hydrogen-bond acceptors (Lipinski definition) is 3. The van der Waals surface area contributed by atoms with Gasteiger partial charge in [0, 0.05) is 44.7 Å². The second-order valence-electron chi connectivity index (χ2n) is 4.59. The molecule has 4 heteroatoms. The van der Waals surface area contributed by atoms with Crippen LogP contribution in [-0.2, 0) is 4.79 Å². The summed E-state index contributed by atoms with van der Waals surface area (Å²) in [5.74, 6) is 0.230. The van der Waals surface area contributed by atoms with E-state index >= 15 is 0 Å². The molecule has 0 radical (unpaired) electrons. The lowest BCUT2D eigenvalue weighted by molar-refractivity contribution is -0.124. The van der Waals surface area contributed by atoms with Gasteiger partial charge in [-0.2, -0.15) is 0 Å². The van der Waals surface area contributed by atoms with E-state index in [2.05, 4.69) is 22.5 Å². The van der Waals surface area contributed by atoms with Crippen molar-refractivity contribution in [1.29, 1.82) is 0 Å². The molecule has 0 bridgehead atoms. The van der Waals surface area contributed by atoms with Gasteiger partial charge >= 0.3 is 0 Å². The molecule has 2 unspecified atom stereocenters. The minimum Gasteiger partial charge on any atom is -0.352 e. The maximum Gasteiger partial charge on any atom is 0.220 e. The molecule has 2 N–H and O–H groups in total. The Morgan fingerprint density at radius 2 is 2.13 bits per heavy atom. The first kappa shape index (κ1) is 10.9. The number of nitrogens with one attached hydrogen (secondary N) is 2. The summed E-state index contributed by atoms with van der Waals surface area (Å²) in [6, 6.07) is 0.848. The molecule has 2 atom stereocenters. The molecule has 2 rings (SSSR count). The van der Waals surface area contributed by atoms with Gasteiger partial charge in [0.1, 0.15) is 0 Å². The second-order valence-corrected chi connectivity index (χ2v) is 4.59. The average Bonchev–Trinajstić information content (AvgIpc) is 2.29. The highest BCUT2D eigenvalue weighted by atomic mass is 16.1. The molecule has 0 saturated carbocycles. The van der Waals surface area contributed by atoms with Crippen LogP contribution in [0.3, 0.4) is 0 Å². The summed E-state index contributed by atoms with van der Waals surface area (Å²) in [5, 5.41) is 6.46. The fourth-order valence-corrected chi connectivity index (χ4v) is 2.54. The lowest BCUT2D eigenvalue weighted by Gasteiger charge is -2.39. The summed E-state index contributed by atoms with van der Waals surface area (Å²) in [7, 11) is 0. The smallest absolute Gasteiger partial charge is 0.220 e. The first-order valence-electron chi connectivity index (χ1n) is 6.01. The third-order valence-corrected chi connectivity index (χ3v) is 3.58. The predicted molar refractivity (Wildman–Crippen MR) is 59.7 cm³/mol. The minimum absolute atomic E-state index is 0.230. The van der Waals surface area contributed by atoms with Gasteiger partial charge in [0.05, 0.1) is 0 Å². The molecular weight excluding hydrogens is 190 g/mol. The Kier molecular flexibility index (Phi) is 3.59. The topological polar surface area (TPSA) is 44.4 Å². The van der Waals surface area contributed by atoms with Gasteiger partial charge < -0.3 is 10.6 Å².